The molecule has 2 rings (SSSR count). The number of aldehydes is 1. The molecular formula is C18H24ClF2N5O5. The normalized spacial score (nSPS) is 19.3. The number of hydrogen-bond donors (Lipinski definition) is 2. The van der Waals surface area contributed by atoms with E-state index in [4.69, 9.17) is 22.1 Å². The Hall–Kier alpha value is -2.60. The molecule has 0 aromatic carbocycles. The van der Waals surface area contributed by atoms with Gasteiger partial charge >= 0.3 is 12.1 Å². The lowest BCUT2D eigenvalue weighted by Gasteiger charge is -2.35. The van der Waals surface area contributed by atoms with E-state index in [0.29, 0.717) is 0 Å². The maximum atomic E-state index is 14.3. The predicted octanol–water partition coefficient (Wildman–Crippen LogP) is 0.836. The second kappa shape index (κ2) is 8.50. The molecule has 1 unspecified atom stereocenters. The first-order valence-electron chi connectivity index (χ1n) is 9.27. The third kappa shape index (κ3) is 5.37. The molecule has 10 nitrogen and oxygen atoms in total. The summed E-state index contributed by atoms with van der Waals surface area (Å²) in [5.41, 5.74) is 0.540. The molecule has 1 aromatic rings. The smallest absolute Gasteiger partial charge is 0.410 e. The van der Waals surface area contributed by atoms with E-state index in [9.17, 15) is 28.0 Å². The predicted molar refractivity (Wildman–Crippen MR) is 106 cm³/mol. The maximum Gasteiger partial charge on any atom is 0.410 e. The van der Waals surface area contributed by atoms with Crippen LogP contribution in [0.3, 0.4) is 0 Å². The van der Waals surface area contributed by atoms with Crippen LogP contribution in [0.25, 0.3) is 0 Å². The molecule has 1 aliphatic rings. The number of halogens is 3. The van der Waals surface area contributed by atoms with E-state index in [1.54, 1.807) is 20.8 Å². The van der Waals surface area contributed by atoms with Crippen LogP contribution in [0.4, 0.5) is 13.6 Å². The van der Waals surface area contributed by atoms with Gasteiger partial charge in [-0.2, -0.15) is 13.9 Å². The number of carbonyl (C=O) groups is 3. The molecule has 2 heterocycles. The Kier molecular flexibility index (Phi) is 6.76. The van der Waals surface area contributed by atoms with E-state index >= 15 is 0 Å². The molecule has 1 aliphatic heterocycles. The fourth-order valence-corrected chi connectivity index (χ4v) is 3.45. The summed E-state index contributed by atoms with van der Waals surface area (Å²) in [6.07, 6.45) is -1.64. The van der Waals surface area contributed by atoms with Gasteiger partial charge in [-0.05, 0) is 27.2 Å². The van der Waals surface area contributed by atoms with Crippen LogP contribution < -0.4 is 16.6 Å². The molecule has 31 heavy (non-hydrogen) atoms. The lowest BCUT2D eigenvalue weighted by molar-refractivity contribution is -0.132. The average molecular weight is 464 g/mol. The topological polar surface area (TPSA) is 137 Å². The molecule has 13 heteroatoms. The van der Waals surface area contributed by atoms with Crippen molar-refractivity contribution in [3.05, 3.63) is 26.6 Å². The van der Waals surface area contributed by atoms with Crippen molar-refractivity contribution in [1.82, 2.24) is 20.0 Å². The summed E-state index contributed by atoms with van der Waals surface area (Å²) in [5, 5.41) is 5.48. The SMILES string of the molecule is Cn1nc(Cl)c(C=O)c(CC(=O)NC2(C(N)(F)F)CCN(C(=O)OC(C)(C)C)C2)c1=O. The minimum atomic E-state index is -3.90. The van der Waals surface area contributed by atoms with Gasteiger partial charge in [0.2, 0.25) is 5.91 Å². The average Bonchev–Trinajstić information content (AvgIpc) is 3.03. The quantitative estimate of drug-likeness (QED) is 0.487. The summed E-state index contributed by atoms with van der Waals surface area (Å²) < 4.78 is 34.7. The molecule has 1 saturated heterocycles. The van der Waals surface area contributed by atoms with Crippen LogP contribution in [0, 0.1) is 0 Å². The van der Waals surface area contributed by atoms with Gasteiger partial charge in [-0.1, -0.05) is 11.6 Å². The van der Waals surface area contributed by atoms with Gasteiger partial charge in [-0.3, -0.25) is 20.1 Å². The Bertz CT molecular complexity index is 956. The monoisotopic (exact) mass is 463 g/mol. The third-order valence-corrected chi connectivity index (χ3v) is 5.01. The molecule has 1 aromatic heterocycles. The molecule has 2 amide bonds. The summed E-state index contributed by atoms with van der Waals surface area (Å²) >= 11 is 5.84. The van der Waals surface area contributed by atoms with Crippen molar-refractivity contribution in [2.75, 3.05) is 13.1 Å². The fourth-order valence-electron chi connectivity index (χ4n) is 3.18. The van der Waals surface area contributed by atoms with E-state index < -0.39 is 47.7 Å². The number of nitrogens with one attached hydrogen (secondary N) is 1. The van der Waals surface area contributed by atoms with Crippen LogP contribution in [0.15, 0.2) is 4.79 Å². The highest BCUT2D eigenvalue weighted by Gasteiger charge is 2.57. The highest BCUT2D eigenvalue weighted by atomic mass is 35.5. The zero-order valence-electron chi connectivity index (χ0n) is 17.5. The number of ether oxygens (including phenoxy) is 1. The number of nitrogens with zero attached hydrogens (tertiary/aromatic N) is 3. The Balaban J connectivity index is 2.28. The first-order valence-corrected chi connectivity index (χ1v) is 9.64. The first-order chi connectivity index (χ1) is 14.1. The van der Waals surface area contributed by atoms with Crippen LogP contribution in [0.1, 0.15) is 43.1 Å². The highest BCUT2D eigenvalue weighted by Crippen LogP contribution is 2.34. The van der Waals surface area contributed by atoms with Gasteiger partial charge in [0.1, 0.15) is 11.1 Å². The minimum Gasteiger partial charge on any atom is -0.444 e. The number of alkyl halides is 2. The molecule has 0 bridgehead atoms. The van der Waals surface area contributed by atoms with Gasteiger partial charge in [0.25, 0.3) is 5.56 Å². The molecule has 1 fully saturated rings. The first kappa shape index (κ1) is 24.7. The number of carbonyl (C=O) groups excluding carboxylic acids is 3. The van der Waals surface area contributed by atoms with Crippen LogP contribution >= 0.6 is 11.6 Å². The molecule has 172 valence electrons. The molecular weight excluding hydrogens is 440 g/mol. The summed E-state index contributed by atoms with van der Waals surface area (Å²) in [5.74, 6) is -1.00. The Morgan fingerprint density at radius 2 is 2.00 bits per heavy atom. The number of rotatable bonds is 5. The van der Waals surface area contributed by atoms with Gasteiger partial charge in [-0.25, -0.2) is 9.48 Å². The van der Waals surface area contributed by atoms with Crippen molar-refractivity contribution in [2.24, 2.45) is 12.8 Å². The zero-order chi connectivity index (χ0) is 23.8. The van der Waals surface area contributed by atoms with Crippen LogP contribution in [0.5, 0.6) is 0 Å². The van der Waals surface area contributed by atoms with Crippen molar-refractivity contribution in [3.63, 3.8) is 0 Å². The van der Waals surface area contributed by atoms with Gasteiger partial charge in [0, 0.05) is 19.2 Å². The van der Waals surface area contributed by atoms with Crippen molar-refractivity contribution in [2.45, 2.75) is 50.8 Å². The minimum absolute atomic E-state index is 0.135. The van der Waals surface area contributed by atoms with Crippen molar-refractivity contribution < 1.29 is 27.9 Å². The van der Waals surface area contributed by atoms with Crippen LogP contribution in [-0.4, -0.2) is 63.2 Å². The van der Waals surface area contributed by atoms with Gasteiger partial charge < -0.3 is 15.0 Å². The Labute approximate surface area is 181 Å². The second-order valence-electron chi connectivity index (χ2n) is 8.31. The van der Waals surface area contributed by atoms with Crippen LogP contribution in [-0.2, 0) is 23.0 Å². The number of aryl methyl sites for hydroxylation is 1. The number of amides is 2. The van der Waals surface area contributed by atoms with E-state index in [2.05, 4.69) is 10.4 Å². The van der Waals surface area contributed by atoms with E-state index in [1.165, 1.54) is 7.05 Å². The van der Waals surface area contributed by atoms with E-state index in [1.807, 2.05) is 0 Å². The summed E-state index contributed by atoms with van der Waals surface area (Å²) in [7, 11) is 1.26. The lowest BCUT2D eigenvalue weighted by Crippen LogP contribution is -2.66. The highest BCUT2D eigenvalue weighted by molar-refractivity contribution is 6.31. The standard InChI is InChI=1S/C18H24ClF2N5O5/c1-16(2,3)31-15(30)26-6-5-17(9-26,18(20,21)22)23-12(28)7-10-11(8-27)13(19)24-25(4)14(10)29/h8H,5-7,9,22H2,1-4H3,(H,23,28). The maximum absolute atomic E-state index is 14.3. The summed E-state index contributed by atoms with van der Waals surface area (Å²) in [6, 6.07) is -3.90. The Morgan fingerprint density at radius 1 is 1.39 bits per heavy atom. The second-order valence-corrected chi connectivity index (χ2v) is 8.67. The van der Waals surface area contributed by atoms with Gasteiger partial charge in [-0.15, -0.1) is 0 Å². The summed E-state index contributed by atoms with van der Waals surface area (Å²) in [6.45, 7) is 4.13. The number of aromatic nitrogens is 2. The number of hydrogen-bond acceptors (Lipinski definition) is 7. The zero-order valence-corrected chi connectivity index (χ0v) is 18.3. The molecule has 0 radical (unpaired) electrons. The Morgan fingerprint density at radius 3 is 2.52 bits per heavy atom. The molecule has 0 spiro atoms. The number of nitrogens with two attached hydrogens (primary N) is 1. The molecule has 0 aliphatic carbocycles. The van der Waals surface area contributed by atoms with Crippen LogP contribution in [0.2, 0.25) is 5.15 Å². The third-order valence-electron chi connectivity index (χ3n) is 4.73. The largest absolute Gasteiger partial charge is 0.444 e. The summed E-state index contributed by atoms with van der Waals surface area (Å²) in [4.78, 5) is 49.5. The van der Waals surface area contributed by atoms with Gasteiger partial charge in [0.05, 0.1) is 18.5 Å². The molecule has 0 saturated carbocycles. The van der Waals surface area contributed by atoms with Crippen molar-refractivity contribution >= 4 is 29.9 Å². The van der Waals surface area contributed by atoms with E-state index in [0.717, 1.165) is 9.58 Å². The van der Waals surface area contributed by atoms with Crippen molar-refractivity contribution in [3.8, 4) is 0 Å². The van der Waals surface area contributed by atoms with Gasteiger partial charge in [0.15, 0.2) is 11.4 Å². The van der Waals surface area contributed by atoms with Crippen molar-refractivity contribution in [1.29, 1.82) is 0 Å². The number of likely N-dealkylation sites (tertiary alicyclic amines) is 1. The van der Waals surface area contributed by atoms with E-state index in [-0.39, 0.29) is 35.5 Å². The lowest BCUT2D eigenvalue weighted by atomic mass is 9.94. The molecule has 1 atom stereocenters. The molecule has 3 N–H and O–H groups in total. The fraction of sp³-hybridized carbons (Fsp3) is 0.611.